The highest BCUT2D eigenvalue weighted by atomic mass is 35.5. The zero-order valence-electron chi connectivity index (χ0n) is 13.9. The van der Waals surface area contributed by atoms with E-state index < -0.39 is 0 Å². The van der Waals surface area contributed by atoms with E-state index in [0.29, 0.717) is 5.92 Å². The Morgan fingerprint density at radius 1 is 1.13 bits per heavy atom. The predicted molar refractivity (Wildman–Crippen MR) is 94.9 cm³/mol. The molecule has 2 heterocycles. The molecule has 1 fully saturated rings. The fourth-order valence-electron chi connectivity index (χ4n) is 3.98. The van der Waals surface area contributed by atoms with Crippen LogP contribution in [-0.2, 0) is 16.9 Å². The Morgan fingerprint density at radius 2 is 1.91 bits per heavy atom. The van der Waals surface area contributed by atoms with Crippen molar-refractivity contribution >= 4 is 11.6 Å². The molecule has 0 aliphatic carbocycles. The highest BCUT2D eigenvalue weighted by Crippen LogP contribution is 2.44. The first-order valence-corrected chi connectivity index (χ1v) is 8.62. The Morgan fingerprint density at radius 3 is 2.61 bits per heavy atom. The van der Waals surface area contributed by atoms with Crippen molar-refractivity contribution < 1.29 is 4.74 Å². The van der Waals surface area contributed by atoms with Crippen molar-refractivity contribution in [1.82, 2.24) is 4.90 Å². The van der Waals surface area contributed by atoms with Crippen molar-refractivity contribution in [3.8, 4) is 11.1 Å². The lowest BCUT2D eigenvalue weighted by Crippen LogP contribution is -2.57. The minimum atomic E-state index is -0.0521. The van der Waals surface area contributed by atoms with Gasteiger partial charge >= 0.3 is 0 Å². The van der Waals surface area contributed by atoms with Gasteiger partial charge < -0.3 is 4.74 Å². The van der Waals surface area contributed by atoms with Crippen LogP contribution in [0.15, 0.2) is 36.4 Å². The van der Waals surface area contributed by atoms with Crippen LogP contribution in [0.1, 0.15) is 36.5 Å². The molecule has 1 saturated heterocycles. The number of likely N-dealkylation sites (tertiary alicyclic amines) is 1. The number of fused-ring (bicyclic) bond motifs is 2. The van der Waals surface area contributed by atoms with Gasteiger partial charge in [-0.05, 0) is 59.0 Å². The molecule has 4 rings (SSSR count). The number of halogens is 1. The number of likely N-dealkylation sites (N-methyl/N-ethyl adjacent to an activating group) is 1. The molecule has 2 aliphatic heterocycles. The van der Waals surface area contributed by atoms with Crippen LogP contribution in [0.3, 0.4) is 0 Å². The van der Waals surface area contributed by atoms with Gasteiger partial charge in [0, 0.05) is 18.1 Å². The second kappa shape index (κ2) is 5.34. The van der Waals surface area contributed by atoms with E-state index in [1.54, 1.807) is 0 Å². The van der Waals surface area contributed by atoms with Gasteiger partial charge in [-0.3, -0.25) is 4.90 Å². The van der Waals surface area contributed by atoms with Gasteiger partial charge in [-0.15, -0.1) is 0 Å². The van der Waals surface area contributed by atoms with E-state index in [-0.39, 0.29) is 5.60 Å². The average Bonchev–Trinajstić information content (AvgIpc) is 2.86. The van der Waals surface area contributed by atoms with Gasteiger partial charge in [0.2, 0.25) is 0 Å². The van der Waals surface area contributed by atoms with Crippen LogP contribution in [0.2, 0.25) is 5.02 Å². The lowest BCUT2D eigenvalue weighted by atomic mass is 9.84. The van der Waals surface area contributed by atoms with Gasteiger partial charge in [0.1, 0.15) is 5.60 Å². The molecule has 1 spiro atoms. The maximum absolute atomic E-state index is 6.19. The topological polar surface area (TPSA) is 12.5 Å². The zero-order valence-corrected chi connectivity index (χ0v) is 14.7. The van der Waals surface area contributed by atoms with Gasteiger partial charge in [0.05, 0.1) is 6.61 Å². The first kappa shape index (κ1) is 15.2. The van der Waals surface area contributed by atoms with E-state index in [1.165, 1.54) is 27.8 Å². The number of hydrogen-bond donors (Lipinski definition) is 0. The van der Waals surface area contributed by atoms with Crippen molar-refractivity contribution in [2.45, 2.75) is 32.0 Å². The molecule has 2 aromatic rings. The molecular weight excluding hydrogens is 306 g/mol. The third-order valence-corrected chi connectivity index (χ3v) is 5.33. The quantitative estimate of drug-likeness (QED) is 0.785. The lowest BCUT2D eigenvalue weighted by molar-refractivity contribution is -0.132. The summed E-state index contributed by atoms with van der Waals surface area (Å²) in [4.78, 5) is 2.30. The maximum atomic E-state index is 6.19. The molecule has 0 bridgehead atoms. The summed E-state index contributed by atoms with van der Waals surface area (Å²) in [5.41, 5.74) is 6.49. The Labute approximate surface area is 143 Å². The third kappa shape index (κ3) is 2.40. The highest BCUT2D eigenvalue weighted by Gasteiger charge is 2.48. The fraction of sp³-hybridized carbons (Fsp3) is 0.400. The minimum Gasteiger partial charge on any atom is -0.363 e. The van der Waals surface area contributed by atoms with Crippen LogP contribution in [-0.4, -0.2) is 25.0 Å². The summed E-state index contributed by atoms with van der Waals surface area (Å²) >= 11 is 6.19. The monoisotopic (exact) mass is 327 g/mol. The fourth-order valence-corrected chi connectivity index (χ4v) is 4.16. The van der Waals surface area contributed by atoms with Crippen LogP contribution in [0.5, 0.6) is 0 Å². The van der Waals surface area contributed by atoms with Gasteiger partial charge in [0.15, 0.2) is 0 Å². The van der Waals surface area contributed by atoms with E-state index in [0.717, 1.165) is 24.7 Å². The molecule has 0 saturated carbocycles. The molecule has 0 atom stereocenters. The standard InChI is InChI=1S/C20H22ClNO/c1-13(2)18-9-16(21)5-6-17(18)14-4-7-19-15(8-14)10-23-20(19)11-22(3)12-20/h4-9,13H,10-12H2,1-3H3. The smallest absolute Gasteiger partial charge is 0.119 e. The first-order valence-electron chi connectivity index (χ1n) is 8.24. The average molecular weight is 328 g/mol. The molecule has 3 heteroatoms. The second-order valence-corrected chi connectivity index (χ2v) is 7.65. The largest absolute Gasteiger partial charge is 0.363 e. The summed E-state index contributed by atoms with van der Waals surface area (Å²) in [6, 6.07) is 13.0. The summed E-state index contributed by atoms with van der Waals surface area (Å²) in [6.45, 7) is 7.15. The van der Waals surface area contributed by atoms with Crippen molar-refractivity contribution in [2.75, 3.05) is 20.1 Å². The summed E-state index contributed by atoms with van der Waals surface area (Å²) in [5, 5.41) is 0.804. The number of ether oxygens (including phenoxy) is 1. The van der Waals surface area contributed by atoms with E-state index in [1.807, 2.05) is 6.07 Å². The van der Waals surface area contributed by atoms with Crippen LogP contribution in [0.25, 0.3) is 11.1 Å². The van der Waals surface area contributed by atoms with Gasteiger partial charge in [-0.2, -0.15) is 0 Å². The van der Waals surface area contributed by atoms with Gasteiger partial charge in [0.25, 0.3) is 0 Å². The molecular formula is C20H22ClNO. The normalized spacial score (nSPS) is 19.2. The molecule has 2 aromatic carbocycles. The number of rotatable bonds is 2. The molecule has 23 heavy (non-hydrogen) atoms. The lowest BCUT2D eigenvalue weighted by Gasteiger charge is -2.45. The van der Waals surface area contributed by atoms with E-state index in [4.69, 9.17) is 16.3 Å². The molecule has 0 amide bonds. The van der Waals surface area contributed by atoms with Crippen molar-refractivity contribution in [3.63, 3.8) is 0 Å². The van der Waals surface area contributed by atoms with E-state index in [2.05, 4.69) is 56.1 Å². The summed E-state index contributed by atoms with van der Waals surface area (Å²) in [6.07, 6.45) is 0. The van der Waals surface area contributed by atoms with Crippen LogP contribution >= 0.6 is 11.6 Å². The SMILES string of the molecule is CC(C)c1cc(Cl)ccc1-c1ccc2c(c1)COC21CN(C)C1. The molecule has 0 aromatic heterocycles. The van der Waals surface area contributed by atoms with Crippen molar-refractivity contribution in [3.05, 3.63) is 58.1 Å². The molecule has 2 nitrogen and oxygen atoms in total. The molecule has 2 aliphatic rings. The maximum Gasteiger partial charge on any atom is 0.119 e. The Bertz CT molecular complexity index is 762. The summed E-state index contributed by atoms with van der Waals surface area (Å²) in [5.74, 6) is 0.444. The summed E-state index contributed by atoms with van der Waals surface area (Å²) in [7, 11) is 2.14. The molecule has 0 unspecified atom stereocenters. The van der Waals surface area contributed by atoms with Crippen molar-refractivity contribution in [1.29, 1.82) is 0 Å². The van der Waals surface area contributed by atoms with Crippen LogP contribution in [0, 0.1) is 0 Å². The molecule has 0 radical (unpaired) electrons. The second-order valence-electron chi connectivity index (χ2n) is 7.21. The van der Waals surface area contributed by atoms with Crippen molar-refractivity contribution in [2.24, 2.45) is 0 Å². The number of nitrogens with zero attached hydrogens (tertiary/aromatic N) is 1. The van der Waals surface area contributed by atoms with E-state index >= 15 is 0 Å². The third-order valence-electron chi connectivity index (χ3n) is 5.10. The van der Waals surface area contributed by atoms with Crippen LogP contribution < -0.4 is 0 Å². The Hall–Kier alpha value is -1.35. The Balaban J connectivity index is 1.76. The van der Waals surface area contributed by atoms with Crippen LogP contribution in [0.4, 0.5) is 0 Å². The van der Waals surface area contributed by atoms with Gasteiger partial charge in [-0.25, -0.2) is 0 Å². The minimum absolute atomic E-state index is 0.0521. The predicted octanol–water partition coefficient (Wildman–Crippen LogP) is 4.80. The first-order chi connectivity index (χ1) is 11.0. The highest BCUT2D eigenvalue weighted by molar-refractivity contribution is 6.30. The Kier molecular flexibility index (Phi) is 3.53. The zero-order chi connectivity index (χ0) is 16.2. The van der Waals surface area contributed by atoms with E-state index in [9.17, 15) is 0 Å². The molecule has 120 valence electrons. The number of hydrogen-bond acceptors (Lipinski definition) is 2. The summed E-state index contributed by atoms with van der Waals surface area (Å²) < 4.78 is 6.14. The van der Waals surface area contributed by atoms with Gasteiger partial charge in [-0.1, -0.05) is 43.6 Å². The number of benzene rings is 2. The molecule has 0 N–H and O–H groups in total.